The van der Waals surface area contributed by atoms with Crippen LogP contribution in [0.4, 0.5) is 0 Å². The predicted molar refractivity (Wildman–Crippen MR) is 64.7 cm³/mol. The third-order valence-corrected chi connectivity index (χ3v) is 4.56. The molecule has 3 rings (SSSR count). The second kappa shape index (κ2) is 4.58. The molecule has 3 fully saturated rings. The van der Waals surface area contributed by atoms with Gasteiger partial charge in [0.25, 0.3) is 0 Å². The summed E-state index contributed by atoms with van der Waals surface area (Å²) in [7, 11) is 0. The Kier molecular flexibility index (Phi) is 3.09. The van der Waals surface area contributed by atoms with Crippen molar-refractivity contribution in [1.82, 2.24) is 10.2 Å². The number of nitrogens with zero attached hydrogens (tertiary/aromatic N) is 1. The Bertz CT molecular complexity index is 286. The molecule has 3 aliphatic rings. The molecule has 0 aromatic rings. The van der Waals surface area contributed by atoms with Gasteiger partial charge in [-0.3, -0.25) is 4.79 Å². The lowest BCUT2D eigenvalue weighted by Gasteiger charge is -2.47. The van der Waals surface area contributed by atoms with Gasteiger partial charge >= 0.3 is 0 Å². The molecule has 96 valence electrons. The number of amides is 1. The van der Waals surface area contributed by atoms with E-state index in [1.807, 2.05) is 0 Å². The van der Waals surface area contributed by atoms with Crippen molar-refractivity contribution in [3.8, 4) is 0 Å². The molecule has 0 aliphatic carbocycles. The van der Waals surface area contributed by atoms with Crippen LogP contribution in [0.3, 0.4) is 0 Å². The Labute approximate surface area is 103 Å². The highest BCUT2D eigenvalue weighted by Crippen LogP contribution is 2.38. The molecule has 4 nitrogen and oxygen atoms in total. The van der Waals surface area contributed by atoms with E-state index < -0.39 is 0 Å². The first-order valence-corrected chi connectivity index (χ1v) is 6.89. The maximum Gasteiger partial charge on any atom is 0.239 e. The molecule has 17 heavy (non-hydrogen) atoms. The van der Waals surface area contributed by atoms with E-state index in [4.69, 9.17) is 4.74 Å². The molecule has 1 amide bonds. The maximum atomic E-state index is 12.3. The standard InChI is InChI=1S/C13H22N2O2/c16-12(11-3-1-2-6-14-11)15-7-4-13(5-8-15)9-17-10-13/h11,14H,1-10H2/t11-/m0/s1. The topological polar surface area (TPSA) is 41.6 Å². The van der Waals surface area contributed by atoms with Gasteiger partial charge in [0.2, 0.25) is 5.91 Å². The molecule has 3 heterocycles. The number of ether oxygens (including phenoxy) is 1. The Morgan fingerprint density at radius 2 is 2.00 bits per heavy atom. The molecule has 1 atom stereocenters. The van der Waals surface area contributed by atoms with Gasteiger partial charge in [-0.25, -0.2) is 0 Å². The zero-order valence-electron chi connectivity index (χ0n) is 10.4. The number of rotatable bonds is 1. The molecule has 0 radical (unpaired) electrons. The quantitative estimate of drug-likeness (QED) is 0.733. The summed E-state index contributed by atoms with van der Waals surface area (Å²) in [5.74, 6) is 0.333. The van der Waals surface area contributed by atoms with E-state index in [-0.39, 0.29) is 6.04 Å². The molecule has 1 N–H and O–H groups in total. The summed E-state index contributed by atoms with van der Waals surface area (Å²) in [5.41, 5.74) is 0.427. The summed E-state index contributed by atoms with van der Waals surface area (Å²) in [4.78, 5) is 14.4. The third-order valence-electron chi connectivity index (χ3n) is 4.56. The van der Waals surface area contributed by atoms with Crippen LogP contribution in [-0.4, -0.2) is 49.7 Å². The molecule has 4 heteroatoms. The van der Waals surface area contributed by atoms with E-state index in [9.17, 15) is 4.79 Å². The van der Waals surface area contributed by atoms with Crippen LogP contribution in [0.1, 0.15) is 32.1 Å². The smallest absolute Gasteiger partial charge is 0.239 e. The zero-order chi connectivity index (χ0) is 11.7. The predicted octanol–water partition coefficient (Wildman–Crippen LogP) is 0.767. The Balaban J connectivity index is 1.53. The average Bonchev–Trinajstić information content (AvgIpc) is 2.37. The molecule has 3 aliphatic heterocycles. The normalized spacial score (nSPS) is 32.2. The number of carbonyl (C=O) groups excluding carboxylic acids is 1. The number of hydrogen-bond acceptors (Lipinski definition) is 3. The minimum absolute atomic E-state index is 0.0930. The van der Waals surface area contributed by atoms with Gasteiger partial charge in [-0.15, -0.1) is 0 Å². The second-order valence-electron chi connectivity index (χ2n) is 5.82. The molecular weight excluding hydrogens is 216 g/mol. The van der Waals surface area contributed by atoms with Gasteiger partial charge in [0.1, 0.15) is 0 Å². The Hall–Kier alpha value is -0.610. The van der Waals surface area contributed by atoms with Gasteiger partial charge in [0, 0.05) is 18.5 Å². The molecule has 0 aromatic heterocycles. The second-order valence-corrected chi connectivity index (χ2v) is 5.82. The van der Waals surface area contributed by atoms with E-state index >= 15 is 0 Å². The molecule has 0 saturated carbocycles. The highest BCUT2D eigenvalue weighted by Gasteiger charge is 2.42. The number of hydrogen-bond donors (Lipinski definition) is 1. The van der Waals surface area contributed by atoms with Crippen molar-refractivity contribution in [3.05, 3.63) is 0 Å². The van der Waals surface area contributed by atoms with Gasteiger partial charge in [0.15, 0.2) is 0 Å². The van der Waals surface area contributed by atoms with Crippen LogP contribution in [0.15, 0.2) is 0 Å². The highest BCUT2D eigenvalue weighted by atomic mass is 16.5. The van der Waals surface area contributed by atoms with E-state index in [1.165, 1.54) is 12.8 Å². The third kappa shape index (κ3) is 2.20. The van der Waals surface area contributed by atoms with Crippen LogP contribution >= 0.6 is 0 Å². The maximum absolute atomic E-state index is 12.3. The average molecular weight is 238 g/mol. The number of likely N-dealkylation sites (tertiary alicyclic amines) is 1. The lowest BCUT2D eigenvalue weighted by Crippen LogP contribution is -2.55. The molecule has 1 spiro atoms. The van der Waals surface area contributed by atoms with Crippen molar-refractivity contribution in [2.45, 2.75) is 38.1 Å². The van der Waals surface area contributed by atoms with Crippen molar-refractivity contribution >= 4 is 5.91 Å². The number of nitrogens with one attached hydrogen (secondary N) is 1. The van der Waals surface area contributed by atoms with Crippen LogP contribution in [0.25, 0.3) is 0 Å². The molecule has 0 bridgehead atoms. The fourth-order valence-electron chi connectivity index (χ4n) is 3.16. The van der Waals surface area contributed by atoms with Crippen LogP contribution in [-0.2, 0) is 9.53 Å². The Morgan fingerprint density at radius 1 is 1.24 bits per heavy atom. The van der Waals surface area contributed by atoms with Crippen molar-refractivity contribution in [2.24, 2.45) is 5.41 Å². The first-order chi connectivity index (χ1) is 8.29. The molecule has 0 aromatic carbocycles. The molecular formula is C13H22N2O2. The van der Waals surface area contributed by atoms with Gasteiger partial charge in [-0.2, -0.15) is 0 Å². The SMILES string of the molecule is O=C([C@@H]1CCCCN1)N1CCC2(CC1)COC2. The van der Waals surface area contributed by atoms with Crippen LogP contribution in [0, 0.1) is 5.41 Å². The van der Waals surface area contributed by atoms with E-state index in [1.54, 1.807) is 0 Å². The van der Waals surface area contributed by atoms with Crippen molar-refractivity contribution < 1.29 is 9.53 Å². The first kappa shape index (κ1) is 11.5. The lowest BCUT2D eigenvalue weighted by molar-refractivity contribution is -0.154. The highest BCUT2D eigenvalue weighted by molar-refractivity contribution is 5.82. The summed E-state index contributed by atoms with van der Waals surface area (Å²) in [6, 6.07) is 0.0930. The fraction of sp³-hybridized carbons (Fsp3) is 0.923. The van der Waals surface area contributed by atoms with Crippen molar-refractivity contribution in [1.29, 1.82) is 0 Å². The fourth-order valence-corrected chi connectivity index (χ4v) is 3.16. The molecule has 0 unspecified atom stereocenters. The van der Waals surface area contributed by atoms with Crippen molar-refractivity contribution in [3.63, 3.8) is 0 Å². The lowest BCUT2D eigenvalue weighted by atomic mass is 9.76. The van der Waals surface area contributed by atoms with Crippen molar-refractivity contribution in [2.75, 3.05) is 32.8 Å². The van der Waals surface area contributed by atoms with Gasteiger partial charge in [0.05, 0.1) is 19.3 Å². The summed E-state index contributed by atoms with van der Waals surface area (Å²) >= 11 is 0. The van der Waals surface area contributed by atoms with E-state index in [0.717, 1.165) is 52.1 Å². The van der Waals surface area contributed by atoms with E-state index in [0.29, 0.717) is 11.3 Å². The number of carbonyl (C=O) groups is 1. The summed E-state index contributed by atoms with van der Waals surface area (Å²) in [6.07, 6.45) is 5.68. The Morgan fingerprint density at radius 3 is 2.53 bits per heavy atom. The van der Waals surface area contributed by atoms with Crippen LogP contribution in [0.5, 0.6) is 0 Å². The van der Waals surface area contributed by atoms with Gasteiger partial charge < -0.3 is 15.0 Å². The monoisotopic (exact) mass is 238 g/mol. The summed E-state index contributed by atoms with van der Waals surface area (Å²) in [5, 5.41) is 3.35. The first-order valence-electron chi connectivity index (χ1n) is 6.89. The minimum Gasteiger partial charge on any atom is -0.380 e. The summed E-state index contributed by atoms with van der Waals surface area (Å²) < 4.78 is 5.31. The number of piperidine rings is 2. The zero-order valence-corrected chi connectivity index (χ0v) is 10.4. The van der Waals surface area contributed by atoms with E-state index in [2.05, 4.69) is 10.2 Å². The van der Waals surface area contributed by atoms with Gasteiger partial charge in [-0.05, 0) is 32.2 Å². The van der Waals surface area contributed by atoms with Crippen LogP contribution in [0.2, 0.25) is 0 Å². The minimum atomic E-state index is 0.0930. The summed E-state index contributed by atoms with van der Waals surface area (Å²) in [6.45, 7) is 4.69. The van der Waals surface area contributed by atoms with Gasteiger partial charge in [-0.1, -0.05) is 6.42 Å². The largest absolute Gasteiger partial charge is 0.380 e. The van der Waals surface area contributed by atoms with Crippen LogP contribution < -0.4 is 5.32 Å². The molecule has 3 saturated heterocycles.